The van der Waals surface area contributed by atoms with E-state index < -0.39 is 5.60 Å². The third-order valence-electron chi connectivity index (χ3n) is 3.07. The molecule has 2 rings (SSSR count). The summed E-state index contributed by atoms with van der Waals surface area (Å²) in [6, 6.07) is 0. The van der Waals surface area contributed by atoms with Gasteiger partial charge in [0.1, 0.15) is 5.60 Å². The lowest BCUT2D eigenvalue weighted by atomic mass is 9.77. The first-order valence-electron chi connectivity index (χ1n) is 5.25. The molecule has 1 heterocycles. The second-order valence-corrected chi connectivity index (χ2v) is 5.55. The van der Waals surface area contributed by atoms with Crippen LogP contribution < -0.4 is 0 Å². The van der Waals surface area contributed by atoms with Crippen molar-refractivity contribution < 1.29 is 5.11 Å². The standard InChI is InChI=1S/C11H17NOS/c1-8-4-3-5-11(13,6-8)10-7-14-9(2)12-10/h7-8,13H,3-6H2,1-2H3. The third-order valence-corrected chi connectivity index (χ3v) is 3.84. The molecule has 1 fully saturated rings. The third kappa shape index (κ3) is 1.84. The molecule has 0 saturated heterocycles. The molecule has 78 valence electrons. The highest BCUT2D eigenvalue weighted by Crippen LogP contribution is 2.39. The fourth-order valence-corrected chi connectivity index (χ4v) is 3.04. The lowest BCUT2D eigenvalue weighted by Crippen LogP contribution is -2.32. The largest absolute Gasteiger partial charge is 0.384 e. The van der Waals surface area contributed by atoms with Crippen LogP contribution in [-0.4, -0.2) is 10.1 Å². The van der Waals surface area contributed by atoms with Crippen molar-refractivity contribution in [2.24, 2.45) is 5.92 Å². The van der Waals surface area contributed by atoms with Gasteiger partial charge in [0, 0.05) is 5.38 Å². The Kier molecular flexibility index (Phi) is 2.62. The molecule has 3 heteroatoms. The molecular formula is C11H17NOS. The maximum atomic E-state index is 10.5. The van der Waals surface area contributed by atoms with Gasteiger partial charge in [-0.2, -0.15) is 0 Å². The number of thiazole rings is 1. The van der Waals surface area contributed by atoms with Crippen LogP contribution >= 0.6 is 11.3 Å². The van der Waals surface area contributed by atoms with E-state index in [1.165, 1.54) is 6.42 Å². The predicted molar refractivity (Wildman–Crippen MR) is 58.4 cm³/mol. The minimum absolute atomic E-state index is 0.621. The molecule has 1 aromatic rings. The number of aromatic nitrogens is 1. The van der Waals surface area contributed by atoms with E-state index in [-0.39, 0.29) is 0 Å². The minimum atomic E-state index is -0.636. The van der Waals surface area contributed by atoms with E-state index >= 15 is 0 Å². The van der Waals surface area contributed by atoms with Crippen molar-refractivity contribution >= 4 is 11.3 Å². The van der Waals surface area contributed by atoms with Crippen LogP contribution in [0.2, 0.25) is 0 Å². The highest BCUT2D eigenvalue weighted by atomic mass is 32.1. The summed E-state index contributed by atoms with van der Waals surface area (Å²) in [4.78, 5) is 4.41. The summed E-state index contributed by atoms with van der Waals surface area (Å²) in [5, 5.41) is 13.5. The minimum Gasteiger partial charge on any atom is -0.384 e. The molecular weight excluding hydrogens is 194 g/mol. The maximum Gasteiger partial charge on any atom is 0.108 e. The van der Waals surface area contributed by atoms with Crippen LogP contribution in [-0.2, 0) is 5.60 Å². The van der Waals surface area contributed by atoms with Crippen LogP contribution in [0.1, 0.15) is 43.3 Å². The van der Waals surface area contributed by atoms with Crippen molar-refractivity contribution in [3.63, 3.8) is 0 Å². The van der Waals surface area contributed by atoms with Crippen molar-refractivity contribution in [3.05, 3.63) is 16.1 Å². The van der Waals surface area contributed by atoms with Crippen molar-refractivity contribution in [1.29, 1.82) is 0 Å². The predicted octanol–water partition coefficient (Wildman–Crippen LogP) is 2.85. The number of aryl methyl sites for hydroxylation is 1. The zero-order chi connectivity index (χ0) is 10.2. The fourth-order valence-electron chi connectivity index (χ4n) is 2.33. The molecule has 1 aliphatic rings. The maximum absolute atomic E-state index is 10.5. The second kappa shape index (κ2) is 3.63. The van der Waals surface area contributed by atoms with Gasteiger partial charge in [0.05, 0.1) is 10.7 Å². The molecule has 2 atom stereocenters. The van der Waals surface area contributed by atoms with Crippen molar-refractivity contribution in [3.8, 4) is 0 Å². The van der Waals surface area contributed by atoms with E-state index in [0.29, 0.717) is 5.92 Å². The van der Waals surface area contributed by atoms with Gasteiger partial charge in [-0.25, -0.2) is 4.98 Å². The van der Waals surface area contributed by atoms with Gasteiger partial charge in [0.2, 0.25) is 0 Å². The molecule has 1 aromatic heterocycles. The zero-order valence-corrected chi connectivity index (χ0v) is 9.60. The summed E-state index contributed by atoms with van der Waals surface area (Å²) in [5.74, 6) is 0.621. The number of aliphatic hydroxyl groups is 1. The summed E-state index contributed by atoms with van der Waals surface area (Å²) >= 11 is 1.63. The Balaban J connectivity index is 2.22. The van der Waals surface area contributed by atoms with Crippen LogP contribution in [0, 0.1) is 12.8 Å². The molecule has 0 radical (unpaired) electrons. The molecule has 0 amide bonds. The summed E-state index contributed by atoms with van der Waals surface area (Å²) in [7, 11) is 0. The van der Waals surface area contributed by atoms with Crippen LogP contribution in [0.3, 0.4) is 0 Å². The Morgan fingerprint density at radius 3 is 3.00 bits per heavy atom. The molecule has 2 nitrogen and oxygen atoms in total. The van der Waals surface area contributed by atoms with Crippen LogP contribution in [0.4, 0.5) is 0 Å². The van der Waals surface area contributed by atoms with E-state index in [0.717, 1.165) is 30.0 Å². The molecule has 14 heavy (non-hydrogen) atoms. The van der Waals surface area contributed by atoms with Gasteiger partial charge in [0.25, 0.3) is 0 Å². The Morgan fingerprint density at radius 2 is 2.43 bits per heavy atom. The Hall–Kier alpha value is -0.410. The average Bonchev–Trinajstić information content (AvgIpc) is 2.52. The molecule has 1 aliphatic carbocycles. The lowest BCUT2D eigenvalue weighted by Gasteiger charge is -2.34. The van der Waals surface area contributed by atoms with Crippen molar-refractivity contribution in [1.82, 2.24) is 4.98 Å². The first kappa shape index (κ1) is 10.1. The molecule has 1 saturated carbocycles. The monoisotopic (exact) mass is 211 g/mol. The van der Waals surface area contributed by atoms with Crippen molar-refractivity contribution in [2.45, 2.75) is 45.1 Å². The smallest absolute Gasteiger partial charge is 0.108 e. The van der Waals surface area contributed by atoms with Crippen molar-refractivity contribution in [2.75, 3.05) is 0 Å². The van der Waals surface area contributed by atoms with E-state index in [1.807, 2.05) is 12.3 Å². The summed E-state index contributed by atoms with van der Waals surface area (Å²) in [6.45, 7) is 4.20. The second-order valence-electron chi connectivity index (χ2n) is 4.48. The highest BCUT2D eigenvalue weighted by molar-refractivity contribution is 7.09. The molecule has 1 N–H and O–H groups in total. The Bertz CT molecular complexity index is 323. The number of nitrogens with zero attached hydrogens (tertiary/aromatic N) is 1. The first-order valence-corrected chi connectivity index (χ1v) is 6.13. The van der Waals surface area contributed by atoms with Gasteiger partial charge in [-0.15, -0.1) is 11.3 Å². The SMILES string of the molecule is Cc1nc(C2(O)CCCC(C)C2)cs1. The van der Waals surface area contributed by atoms with E-state index in [9.17, 15) is 5.11 Å². The van der Waals surface area contributed by atoms with Crippen LogP contribution in [0.25, 0.3) is 0 Å². The normalized spacial score (nSPS) is 33.2. The molecule has 2 unspecified atom stereocenters. The molecule has 0 bridgehead atoms. The van der Waals surface area contributed by atoms with Crippen LogP contribution in [0.5, 0.6) is 0 Å². The Morgan fingerprint density at radius 1 is 1.64 bits per heavy atom. The van der Waals surface area contributed by atoms with Gasteiger partial charge >= 0.3 is 0 Å². The molecule has 0 aliphatic heterocycles. The van der Waals surface area contributed by atoms with E-state index in [4.69, 9.17) is 0 Å². The number of rotatable bonds is 1. The Labute approximate surface area is 89.0 Å². The summed E-state index contributed by atoms with van der Waals surface area (Å²) < 4.78 is 0. The summed E-state index contributed by atoms with van der Waals surface area (Å²) in [5.41, 5.74) is 0.258. The zero-order valence-electron chi connectivity index (χ0n) is 8.79. The quantitative estimate of drug-likeness (QED) is 0.775. The van der Waals surface area contributed by atoms with Crippen LogP contribution in [0.15, 0.2) is 5.38 Å². The topological polar surface area (TPSA) is 33.1 Å². The lowest BCUT2D eigenvalue weighted by molar-refractivity contribution is -0.0212. The van der Waals surface area contributed by atoms with Gasteiger partial charge in [-0.1, -0.05) is 13.3 Å². The van der Waals surface area contributed by atoms with Gasteiger partial charge < -0.3 is 5.11 Å². The number of hydrogen-bond acceptors (Lipinski definition) is 3. The average molecular weight is 211 g/mol. The molecule has 0 spiro atoms. The fraction of sp³-hybridized carbons (Fsp3) is 0.727. The van der Waals surface area contributed by atoms with E-state index in [1.54, 1.807) is 11.3 Å². The van der Waals surface area contributed by atoms with E-state index in [2.05, 4.69) is 11.9 Å². The van der Waals surface area contributed by atoms with Gasteiger partial charge in [-0.3, -0.25) is 0 Å². The summed E-state index contributed by atoms with van der Waals surface area (Å²) in [6.07, 6.45) is 4.11. The first-order chi connectivity index (χ1) is 6.60. The highest BCUT2D eigenvalue weighted by Gasteiger charge is 2.35. The molecule has 0 aromatic carbocycles. The number of hydrogen-bond donors (Lipinski definition) is 1. The van der Waals surface area contributed by atoms with Gasteiger partial charge in [-0.05, 0) is 32.1 Å². The van der Waals surface area contributed by atoms with Gasteiger partial charge in [0.15, 0.2) is 0 Å².